The van der Waals surface area contributed by atoms with Gasteiger partial charge in [0.25, 0.3) is 0 Å². The summed E-state index contributed by atoms with van der Waals surface area (Å²) in [7, 11) is 0. The van der Waals surface area contributed by atoms with Crippen LogP contribution >= 0.6 is 11.6 Å². The smallest absolute Gasteiger partial charge is 0.238 e. The van der Waals surface area contributed by atoms with E-state index in [1.54, 1.807) is 0 Å². The molecule has 3 unspecified atom stereocenters. The maximum atomic E-state index is 12.0. The SMILES string of the molecule is CCC1OS(=O)N(Cc2c(C)cccc2Cl)C1C. The van der Waals surface area contributed by atoms with Crippen LogP contribution in [0.3, 0.4) is 0 Å². The standard InChI is InChI=1S/C13H18ClNO2S/c1-4-13-10(3)15(18(16)17-13)8-11-9(2)6-5-7-12(11)14/h5-7,10,13H,4,8H2,1-3H3. The number of hydrogen-bond donors (Lipinski definition) is 0. The van der Waals surface area contributed by atoms with E-state index in [4.69, 9.17) is 15.8 Å². The molecule has 1 aliphatic heterocycles. The second-order valence-electron chi connectivity index (χ2n) is 4.61. The van der Waals surface area contributed by atoms with E-state index in [1.807, 2.05) is 43.3 Å². The Morgan fingerprint density at radius 3 is 2.78 bits per heavy atom. The van der Waals surface area contributed by atoms with Crippen molar-refractivity contribution in [3.05, 3.63) is 34.3 Å². The molecule has 1 heterocycles. The van der Waals surface area contributed by atoms with Crippen molar-refractivity contribution in [2.75, 3.05) is 0 Å². The summed E-state index contributed by atoms with van der Waals surface area (Å²) in [5.74, 6) is 0. The predicted octanol–water partition coefficient (Wildman–Crippen LogP) is 3.23. The molecule has 0 bridgehead atoms. The first-order valence-electron chi connectivity index (χ1n) is 6.14. The molecule has 0 radical (unpaired) electrons. The minimum absolute atomic E-state index is 0.0358. The third kappa shape index (κ3) is 2.62. The summed E-state index contributed by atoms with van der Waals surface area (Å²) in [6.45, 7) is 6.67. The van der Waals surface area contributed by atoms with Gasteiger partial charge in [0.15, 0.2) is 0 Å². The molecule has 0 amide bonds. The first kappa shape index (κ1) is 14.0. The molecule has 0 N–H and O–H groups in total. The molecule has 3 nitrogen and oxygen atoms in total. The molecule has 1 aromatic carbocycles. The van der Waals surface area contributed by atoms with Crippen LogP contribution in [0.25, 0.3) is 0 Å². The van der Waals surface area contributed by atoms with Crippen molar-refractivity contribution in [2.45, 2.75) is 45.9 Å². The van der Waals surface area contributed by atoms with Crippen molar-refractivity contribution >= 4 is 22.9 Å². The minimum atomic E-state index is -1.36. The third-order valence-corrected chi connectivity index (χ3v) is 5.07. The highest BCUT2D eigenvalue weighted by Gasteiger charge is 2.37. The highest BCUT2D eigenvalue weighted by atomic mass is 35.5. The number of halogens is 1. The van der Waals surface area contributed by atoms with Crippen molar-refractivity contribution < 1.29 is 8.39 Å². The fourth-order valence-electron chi connectivity index (χ4n) is 2.19. The molecule has 1 aliphatic rings. The van der Waals surface area contributed by atoms with E-state index < -0.39 is 11.3 Å². The first-order chi connectivity index (χ1) is 8.54. The Bertz CT molecular complexity index is 446. The van der Waals surface area contributed by atoms with Crippen LogP contribution in [0.2, 0.25) is 5.02 Å². The van der Waals surface area contributed by atoms with Crippen molar-refractivity contribution in [3.8, 4) is 0 Å². The summed E-state index contributed by atoms with van der Waals surface area (Å²) in [6, 6.07) is 5.96. The molecule has 0 aromatic heterocycles. The lowest BCUT2D eigenvalue weighted by atomic mass is 10.1. The van der Waals surface area contributed by atoms with Crippen molar-refractivity contribution in [3.63, 3.8) is 0 Å². The molecule has 5 heteroatoms. The van der Waals surface area contributed by atoms with E-state index in [9.17, 15) is 4.21 Å². The summed E-state index contributed by atoms with van der Waals surface area (Å²) in [4.78, 5) is 0. The van der Waals surface area contributed by atoms with Crippen LogP contribution in [-0.2, 0) is 22.0 Å². The van der Waals surface area contributed by atoms with Crippen LogP contribution in [0, 0.1) is 6.92 Å². The van der Waals surface area contributed by atoms with Gasteiger partial charge in [0, 0.05) is 17.6 Å². The Morgan fingerprint density at radius 1 is 1.50 bits per heavy atom. The van der Waals surface area contributed by atoms with Gasteiger partial charge in [-0.05, 0) is 37.5 Å². The third-order valence-electron chi connectivity index (χ3n) is 3.46. The fourth-order valence-corrected chi connectivity index (χ4v) is 3.73. The number of hydrogen-bond acceptors (Lipinski definition) is 2. The Kier molecular flexibility index (Phi) is 4.43. The van der Waals surface area contributed by atoms with Gasteiger partial charge in [-0.1, -0.05) is 30.7 Å². The number of nitrogens with zero attached hydrogens (tertiary/aromatic N) is 1. The largest absolute Gasteiger partial charge is 0.273 e. The normalized spacial score (nSPS) is 28.8. The summed E-state index contributed by atoms with van der Waals surface area (Å²) >= 11 is 4.84. The average Bonchev–Trinajstić information content (AvgIpc) is 2.60. The zero-order valence-electron chi connectivity index (χ0n) is 10.9. The van der Waals surface area contributed by atoms with E-state index in [1.165, 1.54) is 0 Å². The molecular weight excluding hydrogens is 270 g/mol. The quantitative estimate of drug-likeness (QED) is 0.854. The Morgan fingerprint density at radius 2 is 2.22 bits per heavy atom. The fraction of sp³-hybridized carbons (Fsp3) is 0.538. The lowest BCUT2D eigenvalue weighted by Crippen LogP contribution is -2.32. The second-order valence-corrected chi connectivity index (χ2v) is 6.11. The van der Waals surface area contributed by atoms with E-state index >= 15 is 0 Å². The second kappa shape index (κ2) is 5.70. The molecule has 1 fully saturated rings. The molecule has 100 valence electrons. The highest BCUT2D eigenvalue weighted by Crippen LogP contribution is 2.29. The van der Waals surface area contributed by atoms with Crippen LogP contribution < -0.4 is 0 Å². The summed E-state index contributed by atoms with van der Waals surface area (Å²) < 4.78 is 19.3. The van der Waals surface area contributed by atoms with Gasteiger partial charge in [-0.25, -0.2) is 4.21 Å². The maximum absolute atomic E-state index is 12.0. The first-order valence-corrected chi connectivity index (χ1v) is 7.55. The molecule has 0 saturated carbocycles. The molecule has 1 saturated heterocycles. The minimum Gasteiger partial charge on any atom is -0.273 e. The molecule has 3 atom stereocenters. The van der Waals surface area contributed by atoms with Gasteiger partial charge in [0.05, 0.1) is 6.10 Å². The number of rotatable bonds is 3. The van der Waals surface area contributed by atoms with E-state index in [-0.39, 0.29) is 12.1 Å². The van der Waals surface area contributed by atoms with Gasteiger partial charge in [-0.2, -0.15) is 4.31 Å². The van der Waals surface area contributed by atoms with Gasteiger partial charge in [-0.3, -0.25) is 4.18 Å². The van der Waals surface area contributed by atoms with Crippen LogP contribution in [0.5, 0.6) is 0 Å². The lowest BCUT2D eigenvalue weighted by molar-refractivity contribution is 0.199. The zero-order valence-corrected chi connectivity index (χ0v) is 12.4. The highest BCUT2D eigenvalue weighted by molar-refractivity contribution is 7.78. The van der Waals surface area contributed by atoms with Crippen molar-refractivity contribution in [2.24, 2.45) is 0 Å². The number of aryl methyl sites for hydroxylation is 1. The van der Waals surface area contributed by atoms with Crippen LogP contribution in [-0.4, -0.2) is 20.7 Å². The molecule has 0 spiro atoms. The summed E-state index contributed by atoms with van der Waals surface area (Å²) in [5, 5.41) is 0.721. The average molecular weight is 288 g/mol. The molecule has 18 heavy (non-hydrogen) atoms. The lowest BCUT2D eigenvalue weighted by Gasteiger charge is -2.20. The van der Waals surface area contributed by atoms with E-state index in [0.29, 0.717) is 6.54 Å². The van der Waals surface area contributed by atoms with Gasteiger partial charge in [0.2, 0.25) is 11.3 Å². The summed E-state index contributed by atoms with van der Waals surface area (Å²) in [6.07, 6.45) is 0.902. The van der Waals surface area contributed by atoms with Crippen molar-refractivity contribution in [1.82, 2.24) is 4.31 Å². The number of benzene rings is 1. The molecule has 1 aromatic rings. The van der Waals surface area contributed by atoms with Crippen LogP contribution in [0.4, 0.5) is 0 Å². The van der Waals surface area contributed by atoms with Gasteiger partial charge >= 0.3 is 0 Å². The van der Waals surface area contributed by atoms with Crippen molar-refractivity contribution in [1.29, 1.82) is 0 Å². The zero-order chi connectivity index (χ0) is 13.3. The van der Waals surface area contributed by atoms with E-state index in [0.717, 1.165) is 22.6 Å². The van der Waals surface area contributed by atoms with E-state index in [2.05, 4.69) is 0 Å². The van der Waals surface area contributed by atoms with Crippen LogP contribution in [0.1, 0.15) is 31.4 Å². The Hall–Kier alpha value is -0.420. The monoisotopic (exact) mass is 287 g/mol. The van der Waals surface area contributed by atoms with Gasteiger partial charge in [-0.15, -0.1) is 0 Å². The van der Waals surface area contributed by atoms with Crippen LogP contribution in [0.15, 0.2) is 18.2 Å². The van der Waals surface area contributed by atoms with Gasteiger partial charge < -0.3 is 0 Å². The Labute approximate surface area is 116 Å². The maximum Gasteiger partial charge on any atom is 0.238 e. The molecular formula is C13H18ClNO2S. The predicted molar refractivity (Wildman–Crippen MR) is 74.5 cm³/mol. The molecule has 2 rings (SSSR count). The van der Waals surface area contributed by atoms with Gasteiger partial charge in [0.1, 0.15) is 0 Å². The topological polar surface area (TPSA) is 29.5 Å². The Balaban J connectivity index is 2.21. The summed E-state index contributed by atoms with van der Waals surface area (Å²) in [5.41, 5.74) is 2.14. The molecule has 0 aliphatic carbocycles.